The first-order chi connectivity index (χ1) is 25.4. The van der Waals surface area contributed by atoms with Gasteiger partial charge in [-0.3, -0.25) is 4.79 Å². The summed E-state index contributed by atoms with van der Waals surface area (Å²) in [5.41, 5.74) is 4.37. The number of nitrogens with two attached hydrogens (primary N) is 1. The fourth-order valence-electron chi connectivity index (χ4n) is 8.44. The van der Waals surface area contributed by atoms with Gasteiger partial charge in [0.25, 0.3) is 0 Å². The first kappa shape index (κ1) is 54.1. The summed E-state index contributed by atoms with van der Waals surface area (Å²) in [6.07, 6.45) is 13.5. The van der Waals surface area contributed by atoms with E-state index < -0.39 is 24.7 Å². The van der Waals surface area contributed by atoms with Gasteiger partial charge < -0.3 is 44.6 Å². The van der Waals surface area contributed by atoms with Crippen LogP contribution >= 0.6 is 0 Å². The number of hydrogen-bond donors (Lipinski definition) is 5. The smallest absolute Gasteiger partial charge is 0.480 e. The quantitative estimate of drug-likeness (QED) is 0.118. The van der Waals surface area contributed by atoms with Crippen molar-refractivity contribution < 1.29 is 43.7 Å². The van der Waals surface area contributed by atoms with E-state index in [9.17, 15) is 9.90 Å². The maximum absolute atomic E-state index is 11.0. The zero-order chi connectivity index (χ0) is 43.1. The van der Waals surface area contributed by atoms with Gasteiger partial charge in [-0.1, -0.05) is 74.3 Å². The number of allylic oxidation sites excluding steroid dienone is 1. The van der Waals surface area contributed by atoms with Crippen LogP contribution in [0.1, 0.15) is 175 Å². The molecule has 0 aromatic heterocycles. The third-order valence-corrected chi connectivity index (χ3v) is 15.1. The van der Waals surface area contributed by atoms with E-state index in [4.69, 9.17) is 39.5 Å². The van der Waals surface area contributed by atoms with Crippen molar-refractivity contribution in [3.05, 3.63) is 12.7 Å². The van der Waals surface area contributed by atoms with E-state index in [1.54, 1.807) is 0 Å². The summed E-state index contributed by atoms with van der Waals surface area (Å²) in [5.74, 6) is 2.19. The average Bonchev–Trinajstić information content (AvgIpc) is 3.45. The van der Waals surface area contributed by atoms with Crippen molar-refractivity contribution in [3.63, 3.8) is 0 Å². The average molecular weight is 807 g/mol. The van der Waals surface area contributed by atoms with Gasteiger partial charge in [0.2, 0.25) is 0 Å². The van der Waals surface area contributed by atoms with Crippen molar-refractivity contribution in [3.8, 4) is 0 Å². The summed E-state index contributed by atoms with van der Waals surface area (Å²) >= 11 is 0. The van der Waals surface area contributed by atoms with Crippen LogP contribution < -0.4 is 5.73 Å². The van der Waals surface area contributed by atoms with Crippen LogP contribution in [0.25, 0.3) is 0 Å². The molecule has 3 aliphatic carbocycles. The van der Waals surface area contributed by atoms with Crippen LogP contribution in [0, 0.1) is 40.4 Å². The van der Waals surface area contributed by atoms with Crippen LogP contribution in [-0.4, -0.2) is 82.2 Å². The molecular weight excluding hydrogens is 719 g/mol. The topological polar surface area (TPSA) is 161 Å². The largest absolute Gasteiger partial charge is 0.488 e. The Morgan fingerprint density at radius 2 is 1.21 bits per heavy atom. The second-order valence-corrected chi connectivity index (χ2v) is 21.4. The first-order valence-electron chi connectivity index (χ1n) is 21.6. The number of carboxylic acid groups (broad SMARTS) is 1. The molecule has 6 N–H and O–H groups in total. The maximum atomic E-state index is 11.0. The number of hydrogen-bond acceptors (Lipinski definition) is 9. The van der Waals surface area contributed by atoms with E-state index in [-0.39, 0.29) is 55.6 Å². The van der Waals surface area contributed by atoms with Crippen molar-refractivity contribution in [2.45, 2.75) is 222 Å². The van der Waals surface area contributed by atoms with Crippen LogP contribution in [0.3, 0.4) is 0 Å². The van der Waals surface area contributed by atoms with Crippen LogP contribution in [-0.2, 0) is 23.4 Å². The molecule has 57 heavy (non-hydrogen) atoms. The third kappa shape index (κ3) is 15.2. The second kappa shape index (κ2) is 21.2. The molecule has 2 saturated heterocycles. The highest BCUT2D eigenvalue weighted by Gasteiger charge is 2.51. The first-order valence-corrected chi connectivity index (χ1v) is 21.6. The van der Waals surface area contributed by atoms with E-state index in [2.05, 4.69) is 81.9 Å². The Bertz CT molecular complexity index is 1210. The standard InChI is InChI=1S/C17H33BO2.C11H20.C9H18BNO5.C6H12BO2.CH4/c1-13-8-9-14(12-15(13,2)3)10-11-18-19-16(4,5)17(6,7)20-18;1-5-10-7-6-9(2)11(3,4)8-10;11-9(8(13)14)5-6(1-2-7(9)12)3-4-10(15)16;1-5(2)6(3,4)9-7-8-5;/h13-14H,8-12H2,1-7H3;5,9-10H,1,6-8H2,2-4H3;6-7,12,15-16H,1-5,11H2,(H,13,14);1-4H3;1H4/t13-,14-;9-,10+;6-,7-,9-;;/m000../s1. The molecule has 7 atom stereocenters. The van der Waals surface area contributed by atoms with Gasteiger partial charge in [-0.05, 0) is 160 Å². The molecule has 5 aliphatic rings. The lowest BCUT2D eigenvalue weighted by Gasteiger charge is -2.41. The van der Waals surface area contributed by atoms with E-state index in [1.165, 1.54) is 52.6 Å². The van der Waals surface area contributed by atoms with E-state index in [0.717, 1.165) is 30.0 Å². The molecule has 2 heterocycles. The number of carboxylic acids is 1. The van der Waals surface area contributed by atoms with Crippen LogP contribution in [0.2, 0.25) is 12.6 Å². The molecule has 0 bridgehead atoms. The lowest BCUT2D eigenvalue weighted by Crippen LogP contribution is -2.60. The molecule has 13 heteroatoms. The van der Waals surface area contributed by atoms with E-state index in [1.807, 2.05) is 27.7 Å². The molecule has 0 aromatic carbocycles. The predicted molar refractivity (Wildman–Crippen MR) is 237 cm³/mol. The molecule has 331 valence electrons. The summed E-state index contributed by atoms with van der Waals surface area (Å²) in [5, 5.41) is 36.0. The normalized spacial score (nSPS) is 33.9. The molecule has 5 rings (SSSR count). The van der Waals surface area contributed by atoms with Crippen LogP contribution in [0.15, 0.2) is 12.7 Å². The molecule has 1 radical (unpaired) electrons. The lowest BCUT2D eigenvalue weighted by molar-refractivity contribution is -0.151. The Morgan fingerprint density at radius 3 is 1.61 bits per heavy atom. The van der Waals surface area contributed by atoms with Gasteiger partial charge in [-0.15, -0.1) is 6.58 Å². The highest BCUT2D eigenvalue weighted by Crippen LogP contribution is 2.46. The minimum atomic E-state index is -1.59. The molecule has 10 nitrogen and oxygen atoms in total. The molecule has 0 unspecified atom stereocenters. The van der Waals surface area contributed by atoms with Gasteiger partial charge in [0.15, 0.2) is 0 Å². The maximum Gasteiger partial charge on any atom is 0.488 e. The van der Waals surface area contributed by atoms with Gasteiger partial charge >= 0.3 is 27.9 Å². The zero-order valence-electron chi connectivity index (χ0n) is 38.1. The Morgan fingerprint density at radius 1 is 0.754 bits per heavy atom. The minimum absolute atomic E-state index is 0. The monoisotopic (exact) mass is 807 g/mol. The van der Waals surface area contributed by atoms with Crippen molar-refractivity contribution in [2.24, 2.45) is 46.2 Å². The number of aliphatic hydroxyl groups is 1. The fourth-order valence-corrected chi connectivity index (χ4v) is 8.44. The fraction of sp³-hybridized carbons (Fsp3) is 0.932. The van der Waals surface area contributed by atoms with Crippen molar-refractivity contribution in [1.82, 2.24) is 0 Å². The van der Waals surface area contributed by atoms with Gasteiger partial charge in [0.1, 0.15) is 5.54 Å². The third-order valence-electron chi connectivity index (χ3n) is 15.1. The van der Waals surface area contributed by atoms with Crippen LogP contribution in [0.5, 0.6) is 0 Å². The van der Waals surface area contributed by atoms with Crippen LogP contribution in [0.4, 0.5) is 0 Å². The highest BCUT2D eigenvalue weighted by molar-refractivity contribution is 6.45. The molecule has 0 aromatic rings. The Hall–Kier alpha value is -0.915. The molecular formula is C44H87B3NO9. The minimum Gasteiger partial charge on any atom is -0.480 e. The lowest BCUT2D eigenvalue weighted by atomic mass is 9.63. The summed E-state index contributed by atoms with van der Waals surface area (Å²) in [6.45, 7) is 34.9. The molecule has 0 spiro atoms. The van der Waals surface area contributed by atoms with Gasteiger partial charge in [-0.25, -0.2) is 0 Å². The number of rotatable bonds is 8. The number of aliphatic carboxylic acids is 1. The van der Waals surface area contributed by atoms with Crippen molar-refractivity contribution in [2.75, 3.05) is 0 Å². The summed E-state index contributed by atoms with van der Waals surface area (Å²) in [6, 6.07) is 0. The van der Waals surface area contributed by atoms with Crippen molar-refractivity contribution >= 4 is 27.9 Å². The number of carbonyl (C=O) groups is 1. The molecule has 3 saturated carbocycles. The summed E-state index contributed by atoms with van der Waals surface area (Å²) in [7, 11) is 0.0336. The molecule has 2 aliphatic heterocycles. The predicted octanol–water partition coefficient (Wildman–Crippen LogP) is 9.12. The Labute approximate surface area is 351 Å². The van der Waals surface area contributed by atoms with Gasteiger partial charge in [0, 0.05) is 0 Å². The van der Waals surface area contributed by atoms with E-state index >= 15 is 0 Å². The molecule has 0 amide bonds. The Kier molecular flexibility index (Phi) is 20.2. The van der Waals surface area contributed by atoms with Gasteiger partial charge in [0.05, 0.1) is 28.5 Å². The molecule has 5 fully saturated rings. The SMILES string of the molecule is C.C=C[C@@H]1CC[C@H](C)C(C)(C)C1.CC1(C)O[B]OC1(C)C.C[C@H]1CC[C@@H](CCB2OC(C)(C)C(C)(C)O2)CC1(C)C.N[C@@]1(C(=O)O)C[C@H](CCB(O)O)CC[C@@H]1O. The number of aliphatic hydroxyl groups excluding tert-OH is 1. The van der Waals surface area contributed by atoms with Crippen molar-refractivity contribution in [1.29, 1.82) is 0 Å². The zero-order valence-corrected chi connectivity index (χ0v) is 38.1. The van der Waals surface area contributed by atoms with Gasteiger partial charge in [-0.2, -0.15) is 0 Å². The summed E-state index contributed by atoms with van der Waals surface area (Å²) < 4.78 is 22.6. The van der Waals surface area contributed by atoms with E-state index in [0.29, 0.717) is 30.1 Å². The second-order valence-electron chi connectivity index (χ2n) is 21.4. The Balaban J connectivity index is 0.000000395. The summed E-state index contributed by atoms with van der Waals surface area (Å²) in [4.78, 5) is 11.0. The highest BCUT2D eigenvalue weighted by atomic mass is 16.7.